The van der Waals surface area contributed by atoms with Crippen molar-refractivity contribution in [2.45, 2.75) is 6.42 Å². The summed E-state index contributed by atoms with van der Waals surface area (Å²) < 4.78 is 15.0. The topological polar surface area (TPSA) is 65.0 Å². The minimum absolute atomic E-state index is 0.221. The lowest BCUT2D eigenvalue weighted by Crippen LogP contribution is -2.22. The number of fused-ring (bicyclic) bond motifs is 1. The van der Waals surface area contributed by atoms with E-state index >= 15 is 0 Å². The second kappa shape index (κ2) is 5.05. The quantitative estimate of drug-likeness (QED) is 0.784. The summed E-state index contributed by atoms with van der Waals surface area (Å²) >= 11 is 0. The number of methoxy groups -OCH3 is 1. The number of rotatable bonds is 4. The minimum Gasteiger partial charge on any atom is -0.469 e. The van der Waals surface area contributed by atoms with Crippen molar-refractivity contribution < 1.29 is 24.1 Å². The Labute approximate surface area is 98.9 Å². The van der Waals surface area contributed by atoms with Crippen LogP contribution in [-0.4, -0.2) is 31.6 Å². The highest BCUT2D eigenvalue weighted by molar-refractivity contribution is 5.72. The molecule has 1 aromatic rings. The molecule has 0 fully saturated rings. The van der Waals surface area contributed by atoms with E-state index in [1.807, 2.05) is 12.1 Å². The molecular weight excluding hydrogens is 224 g/mol. The Balaban J connectivity index is 2.10. The van der Waals surface area contributed by atoms with Gasteiger partial charge in [-0.15, -0.1) is 0 Å². The number of hydrogen-bond donors (Lipinski definition) is 1. The Hall–Kier alpha value is -1.75. The molecule has 1 aliphatic rings. The summed E-state index contributed by atoms with van der Waals surface area (Å²) in [5.74, 6) is 0.418. The van der Waals surface area contributed by atoms with Crippen molar-refractivity contribution in [2.75, 3.05) is 20.5 Å². The second-order valence-electron chi connectivity index (χ2n) is 3.79. The predicted molar refractivity (Wildman–Crippen MR) is 58.9 cm³/mol. The Morgan fingerprint density at radius 3 is 2.94 bits per heavy atom. The lowest BCUT2D eigenvalue weighted by atomic mass is 10.00. The molecule has 0 amide bonds. The van der Waals surface area contributed by atoms with Gasteiger partial charge in [0.25, 0.3) is 0 Å². The molecule has 0 aliphatic carbocycles. The molecule has 0 radical (unpaired) electrons. The van der Waals surface area contributed by atoms with Crippen molar-refractivity contribution in [1.82, 2.24) is 0 Å². The fraction of sp³-hybridized carbons (Fsp3) is 0.417. The van der Waals surface area contributed by atoms with E-state index in [1.54, 1.807) is 6.07 Å². The van der Waals surface area contributed by atoms with Crippen LogP contribution in [0.2, 0.25) is 0 Å². The number of carbonyl (C=O) groups excluding carboxylic acids is 1. The first-order valence-corrected chi connectivity index (χ1v) is 5.32. The molecule has 1 aromatic carbocycles. The van der Waals surface area contributed by atoms with Crippen LogP contribution in [0.4, 0.5) is 0 Å². The first-order valence-electron chi connectivity index (χ1n) is 5.32. The largest absolute Gasteiger partial charge is 0.469 e. The molecule has 1 atom stereocenters. The highest BCUT2D eigenvalue weighted by Crippen LogP contribution is 2.33. The summed E-state index contributed by atoms with van der Waals surface area (Å²) in [6, 6.07) is 5.45. The van der Waals surface area contributed by atoms with E-state index in [4.69, 9.17) is 14.6 Å². The monoisotopic (exact) mass is 238 g/mol. The molecule has 0 spiro atoms. The predicted octanol–water partition coefficient (Wildman–Crippen LogP) is 0.739. The number of carbonyl (C=O) groups is 1. The van der Waals surface area contributed by atoms with Gasteiger partial charge in [-0.1, -0.05) is 6.07 Å². The van der Waals surface area contributed by atoms with Gasteiger partial charge in [-0.2, -0.15) is 0 Å². The molecule has 2 rings (SSSR count). The van der Waals surface area contributed by atoms with Crippen LogP contribution in [-0.2, 0) is 16.0 Å². The van der Waals surface area contributed by atoms with E-state index in [9.17, 15) is 4.79 Å². The molecule has 92 valence electrons. The van der Waals surface area contributed by atoms with Gasteiger partial charge in [-0.25, -0.2) is 0 Å². The van der Waals surface area contributed by atoms with Crippen LogP contribution in [0.25, 0.3) is 0 Å². The third-order valence-corrected chi connectivity index (χ3v) is 2.67. The molecule has 17 heavy (non-hydrogen) atoms. The Morgan fingerprint density at radius 2 is 2.24 bits per heavy atom. The summed E-state index contributed by atoms with van der Waals surface area (Å²) in [6.07, 6.45) is 0.416. The fourth-order valence-electron chi connectivity index (χ4n) is 1.74. The molecule has 1 heterocycles. The van der Waals surface area contributed by atoms with Crippen molar-refractivity contribution in [3.8, 4) is 11.5 Å². The molecule has 0 saturated carbocycles. The third-order valence-electron chi connectivity index (χ3n) is 2.67. The maximum absolute atomic E-state index is 11.3. The van der Waals surface area contributed by atoms with Crippen LogP contribution in [0, 0.1) is 5.92 Å². The van der Waals surface area contributed by atoms with Crippen LogP contribution in [0.3, 0.4) is 0 Å². The maximum Gasteiger partial charge on any atom is 0.311 e. The molecule has 5 heteroatoms. The van der Waals surface area contributed by atoms with E-state index < -0.39 is 11.9 Å². The number of ether oxygens (including phenoxy) is 3. The average Bonchev–Trinajstić information content (AvgIpc) is 2.82. The zero-order valence-electron chi connectivity index (χ0n) is 9.51. The van der Waals surface area contributed by atoms with Crippen LogP contribution in [0.5, 0.6) is 11.5 Å². The van der Waals surface area contributed by atoms with Crippen molar-refractivity contribution in [1.29, 1.82) is 0 Å². The maximum atomic E-state index is 11.3. The summed E-state index contributed by atoms with van der Waals surface area (Å²) in [6.45, 7) is -0.0136. The molecule has 0 unspecified atom stereocenters. The van der Waals surface area contributed by atoms with Gasteiger partial charge in [-0.05, 0) is 24.1 Å². The first-order chi connectivity index (χ1) is 8.24. The fourth-order valence-corrected chi connectivity index (χ4v) is 1.74. The van der Waals surface area contributed by atoms with E-state index in [2.05, 4.69) is 4.74 Å². The molecular formula is C12H14O5. The lowest BCUT2D eigenvalue weighted by molar-refractivity contribution is -0.146. The summed E-state index contributed by atoms with van der Waals surface area (Å²) in [4.78, 5) is 11.3. The second-order valence-corrected chi connectivity index (χ2v) is 3.79. The first kappa shape index (κ1) is 11.7. The SMILES string of the molecule is COC(=O)[C@@H](CO)Cc1ccc2c(c1)OCO2. The number of benzene rings is 1. The van der Waals surface area contributed by atoms with Gasteiger partial charge in [0.05, 0.1) is 19.6 Å². The number of hydrogen-bond acceptors (Lipinski definition) is 5. The Morgan fingerprint density at radius 1 is 1.47 bits per heavy atom. The van der Waals surface area contributed by atoms with Crippen LogP contribution in [0.1, 0.15) is 5.56 Å². The highest BCUT2D eigenvalue weighted by Gasteiger charge is 2.20. The summed E-state index contributed by atoms with van der Waals surface area (Å²) in [5, 5.41) is 9.13. The number of aliphatic hydroxyl groups excluding tert-OH is 1. The normalized spacial score (nSPS) is 14.5. The molecule has 1 aliphatic heterocycles. The van der Waals surface area contributed by atoms with Crippen LogP contribution < -0.4 is 9.47 Å². The van der Waals surface area contributed by atoms with Crippen molar-refractivity contribution in [3.63, 3.8) is 0 Å². The van der Waals surface area contributed by atoms with Gasteiger partial charge in [0.2, 0.25) is 6.79 Å². The Kier molecular flexibility index (Phi) is 3.49. The summed E-state index contributed by atoms with van der Waals surface area (Å²) in [7, 11) is 1.31. The number of esters is 1. The van der Waals surface area contributed by atoms with Gasteiger partial charge < -0.3 is 19.3 Å². The average molecular weight is 238 g/mol. The molecule has 0 bridgehead atoms. The van der Waals surface area contributed by atoms with Crippen molar-refractivity contribution >= 4 is 5.97 Å². The Bertz CT molecular complexity index is 415. The molecule has 0 saturated heterocycles. The van der Waals surface area contributed by atoms with Gasteiger partial charge >= 0.3 is 5.97 Å². The molecule has 1 N–H and O–H groups in total. The molecule has 0 aromatic heterocycles. The zero-order valence-corrected chi connectivity index (χ0v) is 9.51. The lowest BCUT2D eigenvalue weighted by Gasteiger charge is -2.11. The van der Waals surface area contributed by atoms with E-state index in [0.29, 0.717) is 17.9 Å². The highest BCUT2D eigenvalue weighted by atomic mass is 16.7. The van der Waals surface area contributed by atoms with Crippen LogP contribution >= 0.6 is 0 Å². The zero-order chi connectivity index (χ0) is 12.3. The van der Waals surface area contributed by atoms with Gasteiger partial charge in [0.15, 0.2) is 11.5 Å². The van der Waals surface area contributed by atoms with E-state index in [-0.39, 0.29) is 13.4 Å². The van der Waals surface area contributed by atoms with E-state index in [1.165, 1.54) is 7.11 Å². The third kappa shape index (κ3) is 2.50. The minimum atomic E-state index is -0.541. The van der Waals surface area contributed by atoms with Crippen LogP contribution in [0.15, 0.2) is 18.2 Å². The van der Waals surface area contributed by atoms with Gasteiger partial charge in [0, 0.05) is 0 Å². The summed E-state index contributed by atoms with van der Waals surface area (Å²) in [5.41, 5.74) is 0.902. The van der Waals surface area contributed by atoms with Gasteiger partial charge in [-0.3, -0.25) is 4.79 Å². The standard InChI is InChI=1S/C12H14O5/c1-15-12(14)9(6-13)4-8-2-3-10-11(5-8)17-7-16-10/h2-3,5,9,13H,4,6-7H2,1H3/t9-/m1/s1. The van der Waals surface area contributed by atoms with Crippen molar-refractivity contribution in [2.24, 2.45) is 5.92 Å². The van der Waals surface area contributed by atoms with Crippen molar-refractivity contribution in [3.05, 3.63) is 23.8 Å². The van der Waals surface area contributed by atoms with E-state index in [0.717, 1.165) is 5.56 Å². The molecule has 5 nitrogen and oxygen atoms in total. The number of aliphatic hydroxyl groups is 1. The smallest absolute Gasteiger partial charge is 0.311 e. The van der Waals surface area contributed by atoms with Gasteiger partial charge in [0.1, 0.15) is 0 Å².